The van der Waals surface area contributed by atoms with Gasteiger partial charge in [0.1, 0.15) is 0 Å². The second kappa shape index (κ2) is 7.50. The third-order valence-corrected chi connectivity index (χ3v) is 3.42. The normalized spacial score (nSPS) is 10.5. The third-order valence-electron chi connectivity index (χ3n) is 2.61. The molecule has 0 aliphatic heterocycles. The Kier molecular flexibility index (Phi) is 6.30. The molecule has 0 aromatic heterocycles. The zero-order chi connectivity index (χ0) is 15.3. The molecule has 0 fully saturated rings. The minimum Gasteiger partial charge on any atom is -0.354 e. The van der Waals surface area contributed by atoms with Crippen LogP contribution in [0.5, 0.6) is 0 Å². The van der Waals surface area contributed by atoms with Gasteiger partial charge in [0, 0.05) is 25.9 Å². The van der Waals surface area contributed by atoms with Crippen LogP contribution in [0.1, 0.15) is 27.2 Å². The molecule has 0 saturated heterocycles. The first-order chi connectivity index (χ1) is 9.32. The molecule has 0 atom stereocenters. The fraction of sp³-hybridized carbons (Fsp3) is 0.429. The Morgan fingerprint density at radius 1 is 1.30 bits per heavy atom. The Hall–Kier alpha value is -1.26. The van der Waals surface area contributed by atoms with Gasteiger partial charge in [0.2, 0.25) is 11.8 Å². The van der Waals surface area contributed by atoms with E-state index < -0.39 is 0 Å². The number of amides is 2. The van der Waals surface area contributed by atoms with Crippen LogP contribution in [0.15, 0.2) is 18.2 Å². The van der Waals surface area contributed by atoms with Crippen LogP contribution in [0.25, 0.3) is 0 Å². The van der Waals surface area contributed by atoms with E-state index in [1.54, 1.807) is 18.2 Å². The maximum atomic E-state index is 11.7. The van der Waals surface area contributed by atoms with E-state index in [9.17, 15) is 9.59 Å². The monoisotopic (exact) mass is 316 g/mol. The standard InChI is InChI=1S/C14H18Cl2N2O2/c1-9(2)17-13(20)7-8-18(10(3)19)12-6-4-5-11(15)14(12)16/h4-6,9H,7-8H2,1-3H3,(H,17,20). The van der Waals surface area contributed by atoms with Gasteiger partial charge in [0.05, 0.1) is 15.7 Å². The van der Waals surface area contributed by atoms with Crippen molar-refractivity contribution in [3.05, 3.63) is 28.2 Å². The van der Waals surface area contributed by atoms with E-state index in [1.807, 2.05) is 13.8 Å². The maximum Gasteiger partial charge on any atom is 0.223 e. The Morgan fingerprint density at radius 2 is 1.95 bits per heavy atom. The first-order valence-corrected chi connectivity index (χ1v) is 7.10. The summed E-state index contributed by atoms with van der Waals surface area (Å²) in [4.78, 5) is 24.8. The summed E-state index contributed by atoms with van der Waals surface area (Å²) in [5.74, 6) is -0.295. The summed E-state index contributed by atoms with van der Waals surface area (Å²) in [5, 5.41) is 3.47. The summed E-state index contributed by atoms with van der Waals surface area (Å²) >= 11 is 12.1. The van der Waals surface area contributed by atoms with E-state index >= 15 is 0 Å². The highest BCUT2D eigenvalue weighted by Crippen LogP contribution is 2.32. The number of nitrogens with one attached hydrogen (secondary N) is 1. The number of rotatable bonds is 5. The average Bonchev–Trinajstić information content (AvgIpc) is 2.33. The van der Waals surface area contributed by atoms with Gasteiger partial charge in [-0.05, 0) is 26.0 Å². The number of nitrogens with zero attached hydrogens (tertiary/aromatic N) is 1. The third kappa shape index (κ3) is 4.69. The summed E-state index contributed by atoms with van der Waals surface area (Å²) < 4.78 is 0. The van der Waals surface area contributed by atoms with Crippen molar-refractivity contribution in [1.29, 1.82) is 0 Å². The molecule has 0 heterocycles. The summed E-state index contributed by atoms with van der Waals surface area (Å²) in [6, 6.07) is 5.14. The van der Waals surface area contributed by atoms with E-state index in [1.165, 1.54) is 11.8 Å². The van der Waals surface area contributed by atoms with Gasteiger partial charge in [-0.1, -0.05) is 29.3 Å². The van der Waals surface area contributed by atoms with Crippen molar-refractivity contribution in [2.75, 3.05) is 11.4 Å². The fourth-order valence-electron chi connectivity index (χ4n) is 1.76. The lowest BCUT2D eigenvalue weighted by Crippen LogP contribution is -2.36. The van der Waals surface area contributed by atoms with Crippen LogP contribution in [0.2, 0.25) is 10.0 Å². The molecule has 6 heteroatoms. The lowest BCUT2D eigenvalue weighted by atomic mass is 10.2. The molecular weight excluding hydrogens is 299 g/mol. The van der Waals surface area contributed by atoms with Gasteiger partial charge in [0.15, 0.2) is 0 Å². The number of carbonyl (C=O) groups excluding carboxylic acids is 2. The molecule has 2 amide bonds. The predicted octanol–water partition coefficient (Wildman–Crippen LogP) is 3.26. The van der Waals surface area contributed by atoms with Crippen molar-refractivity contribution in [2.24, 2.45) is 0 Å². The van der Waals surface area contributed by atoms with Crippen molar-refractivity contribution < 1.29 is 9.59 Å². The van der Waals surface area contributed by atoms with Gasteiger partial charge in [-0.2, -0.15) is 0 Å². The Balaban J connectivity index is 2.83. The smallest absolute Gasteiger partial charge is 0.223 e. The van der Waals surface area contributed by atoms with Crippen LogP contribution < -0.4 is 10.2 Å². The Bertz CT molecular complexity index is 504. The summed E-state index contributed by atoms with van der Waals surface area (Å²) in [6.45, 7) is 5.45. The number of hydrogen-bond acceptors (Lipinski definition) is 2. The van der Waals surface area contributed by atoms with Crippen LogP contribution in [0.3, 0.4) is 0 Å². The van der Waals surface area contributed by atoms with E-state index in [4.69, 9.17) is 23.2 Å². The second-order valence-electron chi connectivity index (χ2n) is 4.72. The van der Waals surface area contributed by atoms with Crippen molar-refractivity contribution in [1.82, 2.24) is 5.32 Å². The summed E-state index contributed by atoms with van der Waals surface area (Å²) in [5.41, 5.74) is 0.518. The molecule has 0 radical (unpaired) electrons. The zero-order valence-corrected chi connectivity index (χ0v) is 13.3. The molecule has 20 heavy (non-hydrogen) atoms. The molecule has 4 nitrogen and oxygen atoms in total. The van der Waals surface area contributed by atoms with Gasteiger partial charge < -0.3 is 10.2 Å². The highest BCUT2D eigenvalue weighted by molar-refractivity contribution is 6.44. The molecule has 0 spiro atoms. The van der Waals surface area contributed by atoms with Crippen molar-refractivity contribution in [2.45, 2.75) is 33.2 Å². The van der Waals surface area contributed by atoms with Gasteiger partial charge >= 0.3 is 0 Å². The predicted molar refractivity (Wildman–Crippen MR) is 82.4 cm³/mol. The van der Waals surface area contributed by atoms with Crippen molar-refractivity contribution in [3.63, 3.8) is 0 Å². The lowest BCUT2D eigenvalue weighted by Gasteiger charge is -2.22. The van der Waals surface area contributed by atoms with Crippen LogP contribution in [-0.2, 0) is 9.59 Å². The quantitative estimate of drug-likeness (QED) is 0.906. The van der Waals surface area contributed by atoms with Crippen LogP contribution in [-0.4, -0.2) is 24.4 Å². The van der Waals surface area contributed by atoms with E-state index in [2.05, 4.69) is 5.32 Å². The highest BCUT2D eigenvalue weighted by Gasteiger charge is 2.17. The SMILES string of the molecule is CC(=O)N(CCC(=O)NC(C)C)c1cccc(Cl)c1Cl. The second-order valence-corrected chi connectivity index (χ2v) is 5.50. The van der Waals surface area contributed by atoms with Gasteiger partial charge in [0.25, 0.3) is 0 Å². The largest absolute Gasteiger partial charge is 0.354 e. The first-order valence-electron chi connectivity index (χ1n) is 6.34. The molecule has 0 saturated carbocycles. The first kappa shape index (κ1) is 16.8. The Morgan fingerprint density at radius 3 is 2.50 bits per heavy atom. The van der Waals surface area contributed by atoms with Gasteiger partial charge in [-0.25, -0.2) is 0 Å². The number of halogens is 2. The van der Waals surface area contributed by atoms with Crippen LogP contribution in [0, 0.1) is 0 Å². The molecular formula is C14H18Cl2N2O2. The molecule has 0 bridgehead atoms. The molecule has 1 N–H and O–H groups in total. The highest BCUT2D eigenvalue weighted by atomic mass is 35.5. The van der Waals surface area contributed by atoms with Crippen molar-refractivity contribution in [3.8, 4) is 0 Å². The molecule has 0 aliphatic rings. The van der Waals surface area contributed by atoms with E-state index in [0.29, 0.717) is 15.7 Å². The number of anilines is 1. The molecule has 1 rings (SSSR count). The molecule has 1 aromatic carbocycles. The van der Waals surface area contributed by atoms with Crippen molar-refractivity contribution >= 4 is 40.7 Å². The minimum absolute atomic E-state index is 0.0723. The van der Waals surface area contributed by atoms with Gasteiger partial charge in [-0.3, -0.25) is 9.59 Å². The van der Waals surface area contributed by atoms with Gasteiger partial charge in [-0.15, -0.1) is 0 Å². The minimum atomic E-state index is -0.188. The lowest BCUT2D eigenvalue weighted by molar-refractivity contribution is -0.121. The van der Waals surface area contributed by atoms with E-state index in [-0.39, 0.29) is 30.8 Å². The van der Waals surface area contributed by atoms with Crippen LogP contribution in [0.4, 0.5) is 5.69 Å². The number of benzene rings is 1. The van der Waals surface area contributed by atoms with Crippen LogP contribution >= 0.6 is 23.2 Å². The molecule has 0 aliphatic carbocycles. The number of hydrogen-bond donors (Lipinski definition) is 1. The Labute approximate surface area is 129 Å². The topological polar surface area (TPSA) is 49.4 Å². The molecule has 0 unspecified atom stereocenters. The maximum absolute atomic E-state index is 11.7. The average molecular weight is 317 g/mol. The zero-order valence-electron chi connectivity index (χ0n) is 11.7. The molecule has 1 aromatic rings. The summed E-state index contributed by atoms with van der Waals surface area (Å²) in [7, 11) is 0. The summed E-state index contributed by atoms with van der Waals surface area (Å²) in [6.07, 6.45) is 0.209. The number of carbonyl (C=O) groups is 2. The molecule has 110 valence electrons. The fourth-order valence-corrected chi connectivity index (χ4v) is 2.15. The van der Waals surface area contributed by atoms with E-state index in [0.717, 1.165) is 0 Å².